The SMILES string of the molecule is COC(=O)C1CCN2C(=O)C(=O)c3cc([N+](=O)[O-])cc1c32. The Morgan fingerprint density at radius 3 is 2.76 bits per heavy atom. The largest absolute Gasteiger partial charge is 0.469 e. The molecular weight excluding hydrogens is 280 g/mol. The molecule has 1 amide bonds. The fraction of sp³-hybridized carbons (Fsp3) is 0.308. The Balaban J connectivity index is 2.26. The minimum atomic E-state index is -0.777. The molecule has 1 aromatic rings. The number of methoxy groups -OCH3 is 1. The third-order valence-electron chi connectivity index (χ3n) is 3.79. The fourth-order valence-corrected chi connectivity index (χ4v) is 2.84. The molecule has 8 nitrogen and oxygen atoms in total. The number of nitro groups is 1. The van der Waals surface area contributed by atoms with E-state index >= 15 is 0 Å². The second kappa shape index (κ2) is 4.37. The Morgan fingerprint density at radius 2 is 2.14 bits per heavy atom. The molecule has 0 fully saturated rings. The number of carbonyl (C=O) groups is 3. The van der Waals surface area contributed by atoms with E-state index in [0.717, 1.165) is 6.07 Å². The summed E-state index contributed by atoms with van der Waals surface area (Å²) in [5, 5.41) is 11.0. The van der Waals surface area contributed by atoms with Gasteiger partial charge < -0.3 is 9.64 Å². The summed E-state index contributed by atoms with van der Waals surface area (Å²) in [5.41, 5.74) is 0.272. The molecule has 0 spiro atoms. The van der Waals surface area contributed by atoms with Crippen molar-refractivity contribution in [3.63, 3.8) is 0 Å². The van der Waals surface area contributed by atoms with Crippen molar-refractivity contribution in [1.29, 1.82) is 0 Å². The van der Waals surface area contributed by atoms with E-state index in [1.807, 2.05) is 0 Å². The van der Waals surface area contributed by atoms with Gasteiger partial charge in [-0.25, -0.2) is 0 Å². The zero-order chi connectivity index (χ0) is 15.3. The first kappa shape index (κ1) is 13.2. The van der Waals surface area contributed by atoms with Crippen molar-refractivity contribution in [2.45, 2.75) is 12.3 Å². The van der Waals surface area contributed by atoms with Gasteiger partial charge in [-0.1, -0.05) is 0 Å². The number of amides is 1. The molecule has 0 aliphatic carbocycles. The first-order chi connectivity index (χ1) is 9.95. The van der Waals surface area contributed by atoms with E-state index in [1.54, 1.807) is 0 Å². The van der Waals surface area contributed by atoms with E-state index < -0.39 is 28.5 Å². The van der Waals surface area contributed by atoms with Gasteiger partial charge >= 0.3 is 5.97 Å². The topological polar surface area (TPSA) is 107 Å². The third kappa shape index (κ3) is 1.72. The summed E-state index contributed by atoms with van der Waals surface area (Å²) < 4.78 is 4.70. The molecule has 0 saturated carbocycles. The van der Waals surface area contributed by atoms with Crippen LogP contribution in [0.2, 0.25) is 0 Å². The summed E-state index contributed by atoms with van der Waals surface area (Å²) in [6, 6.07) is 2.32. The second-order valence-electron chi connectivity index (χ2n) is 4.84. The summed E-state index contributed by atoms with van der Waals surface area (Å²) >= 11 is 0. The third-order valence-corrected chi connectivity index (χ3v) is 3.79. The van der Waals surface area contributed by atoms with Gasteiger partial charge in [0.25, 0.3) is 17.4 Å². The summed E-state index contributed by atoms with van der Waals surface area (Å²) in [5.74, 6) is -2.74. The van der Waals surface area contributed by atoms with Crippen LogP contribution >= 0.6 is 0 Å². The average molecular weight is 290 g/mol. The summed E-state index contributed by atoms with van der Waals surface area (Å²) in [4.78, 5) is 47.3. The molecule has 0 bridgehead atoms. The number of Topliss-reactive ketones (excluding diaryl/α,β-unsaturated/α-hetero) is 1. The molecule has 2 aliphatic rings. The zero-order valence-corrected chi connectivity index (χ0v) is 11.0. The molecule has 3 rings (SSSR count). The Morgan fingerprint density at radius 1 is 1.43 bits per heavy atom. The molecular formula is C13H10N2O6. The fourth-order valence-electron chi connectivity index (χ4n) is 2.84. The van der Waals surface area contributed by atoms with Crippen molar-refractivity contribution in [3.05, 3.63) is 33.4 Å². The van der Waals surface area contributed by atoms with Crippen molar-refractivity contribution in [3.8, 4) is 0 Å². The minimum absolute atomic E-state index is 0.0159. The highest BCUT2D eigenvalue weighted by molar-refractivity contribution is 6.52. The van der Waals surface area contributed by atoms with E-state index in [2.05, 4.69) is 0 Å². The van der Waals surface area contributed by atoms with Gasteiger partial charge in [0.2, 0.25) is 0 Å². The molecule has 0 N–H and O–H groups in total. The summed E-state index contributed by atoms with van der Waals surface area (Å²) in [6.45, 7) is 0.210. The van der Waals surface area contributed by atoms with E-state index in [4.69, 9.17) is 4.74 Å². The van der Waals surface area contributed by atoms with Gasteiger partial charge in [-0.05, 0) is 12.0 Å². The maximum atomic E-state index is 11.9. The Labute approximate surface area is 118 Å². The summed E-state index contributed by atoms with van der Waals surface area (Å²) in [7, 11) is 1.22. The van der Waals surface area contributed by atoms with Gasteiger partial charge in [0.05, 0.1) is 29.2 Å². The molecule has 2 heterocycles. The number of anilines is 1. The van der Waals surface area contributed by atoms with Gasteiger partial charge in [0, 0.05) is 18.7 Å². The molecule has 1 atom stereocenters. The summed E-state index contributed by atoms with van der Waals surface area (Å²) in [6.07, 6.45) is 0.263. The van der Waals surface area contributed by atoms with E-state index in [9.17, 15) is 24.5 Å². The second-order valence-corrected chi connectivity index (χ2v) is 4.84. The normalized spacial score (nSPS) is 19.5. The minimum Gasteiger partial charge on any atom is -0.469 e. The van der Waals surface area contributed by atoms with Crippen LogP contribution in [0.25, 0.3) is 0 Å². The lowest BCUT2D eigenvalue weighted by Crippen LogP contribution is -2.36. The van der Waals surface area contributed by atoms with Gasteiger partial charge in [-0.3, -0.25) is 24.5 Å². The van der Waals surface area contributed by atoms with Crippen LogP contribution in [0.4, 0.5) is 11.4 Å². The number of ketones is 1. The van der Waals surface area contributed by atoms with E-state index in [1.165, 1.54) is 18.1 Å². The van der Waals surface area contributed by atoms with E-state index in [0.29, 0.717) is 11.3 Å². The maximum Gasteiger partial charge on any atom is 0.313 e. The van der Waals surface area contributed by atoms with Crippen molar-refractivity contribution < 1.29 is 24.0 Å². The molecule has 1 unspecified atom stereocenters. The van der Waals surface area contributed by atoms with Crippen LogP contribution in [0.1, 0.15) is 28.3 Å². The average Bonchev–Trinajstić information content (AvgIpc) is 2.73. The maximum absolute atomic E-state index is 11.9. The standard InChI is InChI=1S/C13H10N2O6/c1-21-13(18)7-2-3-14-10-8(7)4-6(15(19)20)5-9(10)11(16)12(14)17/h4-5,7H,2-3H2,1H3. The molecule has 0 radical (unpaired) electrons. The van der Waals surface area contributed by atoms with Crippen LogP contribution in [-0.2, 0) is 14.3 Å². The van der Waals surface area contributed by atoms with Crippen LogP contribution < -0.4 is 4.90 Å². The van der Waals surface area contributed by atoms with Crippen LogP contribution in [0.3, 0.4) is 0 Å². The molecule has 2 aliphatic heterocycles. The van der Waals surface area contributed by atoms with Gasteiger partial charge in [-0.15, -0.1) is 0 Å². The number of nitro benzene ring substituents is 1. The lowest BCUT2D eigenvalue weighted by molar-refractivity contribution is -0.384. The number of hydrogen-bond donors (Lipinski definition) is 0. The quantitative estimate of drug-likeness (QED) is 0.345. The number of esters is 1. The lowest BCUT2D eigenvalue weighted by atomic mass is 9.88. The van der Waals surface area contributed by atoms with Gasteiger partial charge in [0.1, 0.15) is 0 Å². The predicted octanol–water partition coefficient (Wildman–Crippen LogP) is 0.784. The van der Waals surface area contributed by atoms with Crippen molar-refractivity contribution >= 4 is 29.0 Å². The van der Waals surface area contributed by atoms with E-state index in [-0.39, 0.29) is 24.2 Å². The number of non-ortho nitro benzene ring substituents is 1. The molecule has 0 saturated heterocycles. The monoisotopic (exact) mass is 290 g/mol. The van der Waals surface area contributed by atoms with Crippen LogP contribution in [0.5, 0.6) is 0 Å². The number of rotatable bonds is 2. The number of benzene rings is 1. The molecule has 21 heavy (non-hydrogen) atoms. The number of hydrogen-bond acceptors (Lipinski definition) is 6. The Bertz CT molecular complexity index is 711. The van der Waals surface area contributed by atoms with Crippen molar-refractivity contribution in [2.75, 3.05) is 18.6 Å². The lowest BCUT2D eigenvalue weighted by Gasteiger charge is -2.29. The van der Waals surface area contributed by atoms with Crippen LogP contribution in [0, 0.1) is 10.1 Å². The number of nitrogens with zero attached hydrogens (tertiary/aromatic N) is 2. The highest BCUT2D eigenvalue weighted by Gasteiger charge is 2.44. The predicted molar refractivity (Wildman–Crippen MR) is 69.2 cm³/mol. The molecule has 0 aromatic heterocycles. The Kier molecular flexibility index (Phi) is 2.75. The number of carbonyl (C=O) groups excluding carboxylic acids is 3. The van der Waals surface area contributed by atoms with Gasteiger partial charge in [-0.2, -0.15) is 0 Å². The smallest absolute Gasteiger partial charge is 0.313 e. The first-order valence-corrected chi connectivity index (χ1v) is 6.22. The highest BCUT2D eigenvalue weighted by atomic mass is 16.6. The van der Waals surface area contributed by atoms with Crippen molar-refractivity contribution in [1.82, 2.24) is 0 Å². The zero-order valence-electron chi connectivity index (χ0n) is 11.0. The Hall–Kier alpha value is -2.77. The first-order valence-electron chi connectivity index (χ1n) is 6.22. The van der Waals surface area contributed by atoms with Crippen LogP contribution in [-0.4, -0.2) is 36.2 Å². The number of ether oxygens (including phenoxy) is 1. The van der Waals surface area contributed by atoms with Gasteiger partial charge in [0.15, 0.2) is 0 Å². The molecule has 1 aromatic carbocycles. The molecule has 108 valence electrons. The van der Waals surface area contributed by atoms with Crippen LogP contribution in [0.15, 0.2) is 12.1 Å². The highest BCUT2D eigenvalue weighted by Crippen LogP contribution is 2.44. The molecule has 8 heteroatoms. The van der Waals surface area contributed by atoms with Crippen molar-refractivity contribution in [2.24, 2.45) is 0 Å².